The highest BCUT2D eigenvalue weighted by molar-refractivity contribution is 6.30. The van der Waals surface area contributed by atoms with Gasteiger partial charge in [-0.1, -0.05) is 23.7 Å². The molecule has 1 aliphatic carbocycles. The molecule has 0 saturated heterocycles. The molecule has 16 heavy (non-hydrogen) atoms. The van der Waals surface area contributed by atoms with Crippen molar-refractivity contribution >= 4 is 17.6 Å². The van der Waals surface area contributed by atoms with Crippen molar-refractivity contribution in [2.45, 2.75) is 25.4 Å². The number of hydrogen-bond donors (Lipinski definition) is 0. The average molecular weight is 237 g/mol. The van der Waals surface area contributed by atoms with Crippen LogP contribution < -0.4 is 0 Å². The summed E-state index contributed by atoms with van der Waals surface area (Å²) in [5, 5.41) is 0.550. The molecule has 0 fully saturated rings. The first-order valence-electron chi connectivity index (χ1n) is 5.39. The van der Waals surface area contributed by atoms with Gasteiger partial charge in [0.05, 0.1) is 5.56 Å². The second-order valence-electron chi connectivity index (χ2n) is 3.81. The van der Waals surface area contributed by atoms with Crippen molar-refractivity contribution in [2.75, 3.05) is 0 Å². The summed E-state index contributed by atoms with van der Waals surface area (Å²) in [5.41, 5.74) is 0.506. The summed E-state index contributed by atoms with van der Waals surface area (Å²) in [6.45, 7) is 0. The third kappa shape index (κ3) is 2.86. The lowest BCUT2D eigenvalue weighted by Gasteiger charge is -2.17. The van der Waals surface area contributed by atoms with Crippen LogP contribution in [0, 0.1) is 0 Å². The number of carbonyl (C=O) groups is 1. The van der Waals surface area contributed by atoms with E-state index in [1.807, 2.05) is 6.08 Å². The van der Waals surface area contributed by atoms with Gasteiger partial charge in [-0.3, -0.25) is 0 Å². The molecule has 2 nitrogen and oxygen atoms in total. The van der Waals surface area contributed by atoms with Crippen LogP contribution in [0.5, 0.6) is 0 Å². The van der Waals surface area contributed by atoms with Gasteiger partial charge in [-0.25, -0.2) is 4.79 Å². The van der Waals surface area contributed by atoms with Crippen LogP contribution in [0.3, 0.4) is 0 Å². The fourth-order valence-corrected chi connectivity index (χ4v) is 1.89. The molecule has 0 amide bonds. The van der Waals surface area contributed by atoms with Gasteiger partial charge in [-0.2, -0.15) is 0 Å². The van der Waals surface area contributed by atoms with Crippen molar-refractivity contribution < 1.29 is 9.53 Å². The van der Waals surface area contributed by atoms with E-state index in [1.165, 1.54) is 0 Å². The molecule has 0 radical (unpaired) electrons. The minimum absolute atomic E-state index is 0.0831. The monoisotopic (exact) mass is 236 g/mol. The summed E-state index contributed by atoms with van der Waals surface area (Å²) in [5.74, 6) is -0.306. The molecule has 84 valence electrons. The molecule has 3 heteroatoms. The minimum atomic E-state index is -0.306. The van der Waals surface area contributed by atoms with Gasteiger partial charge in [-0.15, -0.1) is 0 Å². The highest BCUT2D eigenvalue weighted by Crippen LogP contribution is 2.17. The Morgan fingerprint density at radius 1 is 1.44 bits per heavy atom. The minimum Gasteiger partial charge on any atom is -0.455 e. The van der Waals surface area contributed by atoms with Gasteiger partial charge >= 0.3 is 5.97 Å². The molecule has 0 saturated carbocycles. The molecule has 0 aliphatic heterocycles. The lowest BCUT2D eigenvalue weighted by atomic mass is 10.1. The third-order valence-electron chi connectivity index (χ3n) is 2.53. The van der Waals surface area contributed by atoms with Gasteiger partial charge in [0.25, 0.3) is 0 Å². The van der Waals surface area contributed by atoms with Crippen molar-refractivity contribution in [2.24, 2.45) is 0 Å². The number of rotatable bonds is 2. The number of ether oxygens (including phenoxy) is 1. The van der Waals surface area contributed by atoms with Gasteiger partial charge in [0.1, 0.15) is 6.10 Å². The van der Waals surface area contributed by atoms with Gasteiger partial charge in [0.2, 0.25) is 0 Å². The smallest absolute Gasteiger partial charge is 0.338 e. The maximum atomic E-state index is 11.8. The second kappa shape index (κ2) is 5.17. The number of esters is 1. The molecule has 1 atom stereocenters. The summed E-state index contributed by atoms with van der Waals surface area (Å²) in [4.78, 5) is 11.8. The van der Waals surface area contributed by atoms with Gasteiger partial charge in [0, 0.05) is 5.02 Å². The van der Waals surface area contributed by atoms with Crippen LogP contribution in [0.2, 0.25) is 5.02 Å². The van der Waals surface area contributed by atoms with E-state index in [0.29, 0.717) is 10.6 Å². The van der Waals surface area contributed by atoms with Gasteiger partial charge in [0.15, 0.2) is 0 Å². The molecule has 2 rings (SSSR count). The van der Waals surface area contributed by atoms with E-state index in [9.17, 15) is 4.79 Å². The van der Waals surface area contributed by atoms with E-state index >= 15 is 0 Å². The molecular formula is C13H13ClO2. The van der Waals surface area contributed by atoms with Crippen LogP contribution in [0.4, 0.5) is 0 Å². The SMILES string of the molecule is O=C(OC1C=CCCC1)c1cccc(Cl)c1. The number of hydrogen-bond acceptors (Lipinski definition) is 2. The number of carbonyl (C=O) groups excluding carboxylic acids is 1. The average Bonchev–Trinajstić information content (AvgIpc) is 2.30. The van der Waals surface area contributed by atoms with E-state index in [4.69, 9.17) is 16.3 Å². The molecule has 1 aromatic rings. The predicted octanol–water partition coefficient (Wildman–Crippen LogP) is 3.61. The van der Waals surface area contributed by atoms with Gasteiger partial charge < -0.3 is 4.74 Å². The molecule has 1 unspecified atom stereocenters. The Labute approximate surface area is 99.9 Å². The lowest BCUT2D eigenvalue weighted by Crippen LogP contribution is -2.17. The second-order valence-corrected chi connectivity index (χ2v) is 4.25. The van der Waals surface area contributed by atoms with Crippen molar-refractivity contribution in [3.05, 3.63) is 47.0 Å². The van der Waals surface area contributed by atoms with E-state index in [1.54, 1.807) is 24.3 Å². The summed E-state index contributed by atoms with van der Waals surface area (Å²) < 4.78 is 5.35. The molecule has 0 aromatic heterocycles. The zero-order valence-corrected chi connectivity index (χ0v) is 9.61. The summed E-state index contributed by atoms with van der Waals surface area (Å²) in [6.07, 6.45) is 6.98. The molecule has 0 heterocycles. The van der Waals surface area contributed by atoms with Crippen LogP contribution in [-0.2, 0) is 4.74 Å². The van der Waals surface area contributed by atoms with Crippen LogP contribution in [0.15, 0.2) is 36.4 Å². The maximum Gasteiger partial charge on any atom is 0.338 e. The van der Waals surface area contributed by atoms with Crippen LogP contribution in [-0.4, -0.2) is 12.1 Å². The highest BCUT2D eigenvalue weighted by atomic mass is 35.5. The number of halogens is 1. The molecule has 1 aliphatic rings. The fraction of sp³-hybridized carbons (Fsp3) is 0.308. The Morgan fingerprint density at radius 2 is 2.31 bits per heavy atom. The van der Waals surface area contributed by atoms with Crippen LogP contribution in [0.1, 0.15) is 29.6 Å². The Balaban J connectivity index is 2.02. The van der Waals surface area contributed by atoms with Gasteiger partial charge in [-0.05, 0) is 43.5 Å². The van der Waals surface area contributed by atoms with E-state index in [0.717, 1.165) is 19.3 Å². The Bertz CT molecular complexity index is 412. The zero-order chi connectivity index (χ0) is 11.4. The first-order chi connectivity index (χ1) is 7.75. The van der Waals surface area contributed by atoms with E-state index < -0.39 is 0 Å². The van der Waals surface area contributed by atoms with Crippen molar-refractivity contribution in [1.29, 1.82) is 0 Å². The largest absolute Gasteiger partial charge is 0.455 e. The van der Waals surface area contributed by atoms with Crippen molar-refractivity contribution in [1.82, 2.24) is 0 Å². The Kier molecular flexibility index (Phi) is 3.62. The standard InChI is InChI=1S/C13H13ClO2/c14-11-6-4-5-10(9-11)13(15)16-12-7-2-1-3-8-12/h2,4-7,9,12H,1,3,8H2. The summed E-state index contributed by atoms with van der Waals surface area (Å²) in [6, 6.07) is 6.81. The van der Waals surface area contributed by atoms with Crippen molar-refractivity contribution in [3.63, 3.8) is 0 Å². The van der Waals surface area contributed by atoms with Crippen LogP contribution >= 0.6 is 11.6 Å². The molecule has 1 aromatic carbocycles. The first-order valence-corrected chi connectivity index (χ1v) is 5.77. The molecule has 0 spiro atoms. The first kappa shape index (κ1) is 11.2. The lowest BCUT2D eigenvalue weighted by molar-refractivity contribution is 0.0370. The Hall–Kier alpha value is -1.28. The third-order valence-corrected chi connectivity index (χ3v) is 2.76. The number of benzene rings is 1. The topological polar surface area (TPSA) is 26.3 Å². The van der Waals surface area contributed by atoms with Crippen molar-refractivity contribution in [3.8, 4) is 0 Å². The zero-order valence-electron chi connectivity index (χ0n) is 8.86. The highest BCUT2D eigenvalue weighted by Gasteiger charge is 2.15. The Morgan fingerprint density at radius 3 is 3.00 bits per heavy atom. The molecular weight excluding hydrogens is 224 g/mol. The van der Waals surface area contributed by atoms with E-state index in [-0.39, 0.29) is 12.1 Å². The van der Waals surface area contributed by atoms with E-state index in [2.05, 4.69) is 6.08 Å². The maximum absolute atomic E-state index is 11.8. The summed E-state index contributed by atoms with van der Waals surface area (Å²) >= 11 is 5.81. The number of allylic oxidation sites excluding steroid dienone is 1. The van der Waals surface area contributed by atoms with Crippen LogP contribution in [0.25, 0.3) is 0 Å². The molecule has 0 N–H and O–H groups in total. The quantitative estimate of drug-likeness (QED) is 0.579. The normalized spacial score (nSPS) is 19.4. The summed E-state index contributed by atoms with van der Waals surface area (Å²) in [7, 11) is 0. The molecule has 0 bridgehead atoms. The predicted molar refractivity (Wildman–Crippen MR) is 63.6 cm³/mol. The fourth-order valence-electron chi connectivity index (χ4n) is 1.70.